The van der Waals surface area contributed by atoms with Gasteiger partial charge in [0.15, 0.2) is 5.82 Å². The molecule has 0 fully saturated rings. The molecule has 0 spiro atoms. The number of nitrogens with zero attached hydrogens (tertiary/aromatic N) is 3. The number of aliphatic carboxylic acids is 1. The Hall–Kier alpha value is -3.98. The summed E-state index contributed by atoms with van der Waals surface area (Å²) in [5, 5.41) is 26.1. The van der Waals surface area contributed by atoms with Crippen LogP contribution in [0, 0.1) is 0 Å². The first-order valence-electron chi connectivity index (χ1n) is 9.23. The van der Waals surface area contributed by atoms with Gasteiger partial charge in [-0.2, -0.15) is 0 Å². The molecule has 2 aromatic heterocycles. The molecule has 0 unspecified atom stereocenters. The lowest BCUT2D eigenvalue weighted by molar-refractivity contribution is -0.136. The number of carboxylic acid groups (broad SMARTS) is 2. The number of nitrogens with one attached hydrogen (secondary N) is 2. The van der Waals surface area contributed by atoms with Gasteiger partial charge in [-0.1, -0.05) is 23.7 Å². The summed E-state index contributed by atoms with van der Waals surface area (Å²) in [7, 11) is 0. The van der Waals surface area contributed by atoms with Crippen molar-refractivity contribution in [2.45, 2.75) is 6.42 Å². The lowest BCUT2D eigenvalue weighted by Crippen LogP contribution is -2.10. The van der Waals surface area contributed by atoms with Crippen LogP contribution >= 0.6 is 11.6 Å². The minimum Gasteiger partial charge on any atom is -0.481 e. The van der Waals surface area contributed by atoms with E-state index in [-0.39, 0.29) is 24.5 Å². The van der Waals surface area contributed by atoms with Crippen LogP contribution in [0.5, 0.6) is 0 Å². The number of anilines is 3. The average molecular weight is 438 g/mol. The van der Waals surface area contributed by atoms with Crippen LogP contribution in [0.25, 0.3) is 21.8 Å². The quantitative estimate of drug-likeness (QED) is 0.314. The molecule has 0 aliphatic rings. The fourth-order valence-electron chi connectivity index (χ4n) is 3.07. The highest BCUT2D eigenvalue weighted by Crippen LogP contribution is 2.31. The summed E-state index contributed by atoms with van der Waals surface area (Å²) in [6.45, 7) is 0.168. The van der Waals surface area contributed by atoms with Gasteiger partial charge >= 0.3 is 11.9 Å². The zero-order chi connectivity index (χ0) is 22.0. The van der Waals surface area contributed by atoms with Crippen molar-refractivity contribution < 1.29 is 19.8 Å². The molecular weight excluding hydrogens is 422 g/mol. The van der Waals surface area contributed by atoms with Gasteiger partial charge in [0.05, 0.1) is 17.5 Å². The second kappa shape index (κ2) is 8.41. The molecule has 31 heavy (non-hydrogen) atoms. The van der Waals surface area contributed by atoms with Gasteiger partial charge in [-0.3, -0.25) is 4.79 Å². The molecule has 0 bridgehead atoms. The summed E-state index contributed by atoms with van der Waals surface area (Å²) < 4.78 is 0. The number of hydrogen-bond donors (Lipinski definition) is 4. The van der Waals surface area contributed by atoms with E-state index < -0.39 is 11.9 Å². The predicted molar refractivity (Wildman–Crippen MR) is 117 cm³/mol. The van der Waals surface area contributed by atoms with Crippen LogP contribution in [0.3, 0.4) is 0 Å². The number of benzene rings is 2. The highest BCUT2D eigenvalue weighted by molar-refractivity contribution is 6.30. The smallest absolute Gasteiger partial charge is 0.335 e. The molecule has 156 valence electrons. The highest BCUT2D eigenvalue weighted by Gasteiger charge is 2.14. The third kappa shape index (κ3) is 4.46. The monoisotopic (exact) mass is 437 g/mol. The third-order valence-corrected chi connectivity index (χ3v) is 4.72. The van der Waals surface area contributed by atoms with E-state index in [1.165, 1.54) is 12.1 Å². The first-order chi connectivity index (χ1) is 14.9. The fraction of sp³-hybridized carbons (Fsp3) is 0.0952. The number of carboxylic acids is 2. The van der Waals surface area contributed by atoms with E-state index in [4.69, 9.17) is 16.7 Å². The largest absolute Gasteiger partial charge is 0.481 e. The number of carbonyl (C=O) groups is 2. The van der Waals surface area contributed by atoms with Crippen molar-refractivity contribution in [1.29, 1.82) is 0 Å². The van der Waals surface area contributed by atoms with Crippen molar-refractivity contribution >= 4 is 62.8 Å². The maximum Gasteiger partial charge on any atom is 0.335 e. The van der Waals surface area contributed by atoms with E-state index in [0.717, 1.165) is 0 Å². The van der Waals surface area contributed by atoms with Crippen LogP contribution in [0.1, 0.15) is 16.8 Å². The van der Waals surface area contributed by atoms with Crippen LogP contribution in [0.4, 0.5) is 17.5 Å². The summed E-state index contributed by atoms with van der Waals surface area (Å²) >= 11 is 6.08. The number of pyridine rings is 1. The van der Waals surface area contributed by atoms with Crippen molar-refractivity contribution in [1.82, 2.24) is 15.0 Å². The van der Waals surface area contributed by atoms with Gasteiger partial charge in [0, 0.05) is 34.2 Å². The predicted octanol–water partition coefficient (Wildman–Crippen LogP) is 4.16. The van der Waals surface area contributed by atoms with E-state index in [0.29, 0.717) is 38.3 Å². The lowest BCUT2D eigenvalue weighted by Gasteiger charge is -2.13. The van der Waals surface area contributed by atoms with Gasteiger partial charge in [-0.05, 0) is 30.3 Å². The summed E-state index contributed by atoms with van der Waals surface area (Å²) in [4.78, 5) is 35.5. The molecule has 0 aliphatic heterocycles. The minimum atomic E-state index is -1.05. The summed E-state index contributed by atoms with van der Waals surface area (Å²) in [5.74, 6) is -1.34. The van der Waals surface area contributed by atoms with Gasteiger partial charge in [-0.25, -0.2) is 19.7 Å². The van der Waals surface area contributed by atoms with Crippen molar-refractivity contribution in [2.24, 2.45) is 0 Å². The number of aromatic nitrogens is 3. The molecule has 0 saturated carbocycles. The van der Waals surface area contributed by atoms with Crippen LogP contribution in [-0.2, 0) is 4.79 Å². The summed E-state index contributed by atoms with van der Waals surface area (Å²) in [6.07, 6.45) is 1.52. The molecule has 0 atom stereocenters. The van der Waals surface area contributed by atoms with Gasteiger partial charge in [0.25, 0.3) is 0 Å². The normalized spacial score (nSPS) is 10.9. The SMILES string of the molecule is O=C(O)CCNc1ncc2c(n1)c(Nc1cccc(Cl)c1)nc1cc(C(=O)O)ccc12. The first-order valence-corrected chi connectivity index (χ1v) is 9.60. The topological polar surface area (TPSA) is 137 Å². The van der Waals surface area contributed by atoms with E-state index in [1.807, 2.05) is 6.07 Å². The fourth-order valence-corrected chi connectivity index (χ4v) is 3.26. The van der Waals surface area contributed by atoms with Gasteiger partial charge < -0.3 is 20.8 Å². The molecule has 0 radical (unpaired) electrons. The Bertz CT molecular complexity index is 1330. The maximum atomic E-state index is 11.4. The van der Waals surface area contributed by atoms with E-state index in [2.05, 4.69) is 25.6 Å². The van der Waals surface area contributed by atoms with Crippen molar-refractivity contribution in [2.75, 3.05) is 17.2 Å². The lowest BCUT2D eigenvalue weighted by atomic mass is 10.1. The van der Waals surface area contributed by atoms with Gasteiger partial charge in [0.1, 0.15) is 5.52 Å². The Morgan fingerprint density at radius 1 is 1.03 bits per heavy atom. The van der Waals surface area contributed by atoms with E-state index in [9.17, 15) is 14.7 Å². The standard InChI is InChI=1S/C21H16ClN5O4/c22-12-2-1-3-13(9-12)25-19-18-15(10-24-21(27-18)23-7-6-17(28)29)14-5-4-11(20(30)31)8-16(14)26-19/h1-5,8-10H,6-7H2,(H,25,26)(H,28,29)(H,30,31)(H,23,24,27). The molecule has 0 aliphatic carbocycles. The van der Waals surface area contributed by atoms with Crippen molar-refractivity contribution in [3.63, 3.8) is 0 Å². The molecule has 4 aromatic rings. The van der Waals surface area contributed by atoms with Crippen LogP contribution in [0.2, 0.25) is 5.02 Å². The Kier molecular flexibility index (Phi) is 5.50. The molecule has 0 amide bonds. The zero-order valence-electron chi connectivity index (χ0n) is 16.0. The Labute approximate surface area is 180 Å². The average Bonchev–Trinajstić information content (AvgIpc) is 2.73. The summed E-state index contributed by atoms with van der Waals surface area (Å²) in [6, 6.07) is 11.7. The molecular formula is C21H16ClN5O4. The van der Waals surface area contributed by atoms with Crippen LogP contribution in [0.15, 0.2) is 48.7 Å². The highest BCUT2D eigenvalue weighted by atomic mass is 35.5. The molecule has 10 heteroatoms. The van der Waals surface area contributed by atoms with E-state index in [1.54, 1.807) is 30.5 Å². The molecule has 2 aromatic carbocycles. The molecule has 2 heterocycles. The maximum absolute atomic E-state index is 11.4. The van der Waals surface area contributed by atoms with Gasteiger partial charge in [-0.15, -0.1) is 0 Å². The first kappa shape index (κ1) is 20.3. The zero-order valence-corrected chi connectivity index (χ0v) is 16.7. The molecule has 4 rings (SSSR count). The number of rotatable bonds is 7. The van der Waals surface area contributed by atoms with Crippen LogP contribution < -0.4 is 10.6 Å². The molecule has 0 saturated heterocycles. The Balaban J connectivity index is 1.85. The summed E-state index contributed by atoms with van der Waals surface area (Å²) in [5.41, 5.74) is 1.74. The molecule has 4 N–H and O–H groups in total. The third-order valence-electron chi connectivity index (χ3n) is 4.49. The van der Waals surface area contributed by atoms with Crippen LogP contribution in [-0.4, -0.2) is 43.6 Å². The Morgan fingerprint density at radius 3 is 2.61 bits per heavy atom. The Morgan fingerprint density at radius 2 is 1.87 bits per heavy atom. The number of fused-ring (bicyclic) bond motifs is 3. The molecule has 9 nitrogen and oxygen atoms in total. The number of halogens is 1. The minimum absolute atomic E-state index is 0.0804. The van der Waals surface area contributed by atoms with E-state index >= 15 is 0 Å². The second-order valence-corrected chi connectivity index (χ2v) is 7.10. The van der Waals surface area contributed by atoms with Crippen molar-refractivity contribution in [3.8, 4) is 0 Å². The van der Waals surface area contributed by atoms with Crippen molar-refractivity contribution in [3.05, 3.63) is 59.2 Å². The number of hydrogen-bond acceptors (Lipinski definition) is 7. The second-order valence-electron chi connectivity index (χ2n) is 6.66. The van der Waals surface area contributed by atoms with Gasteiger partial charge in [0.2, 0.25) is 5.95 Å². The number of aromatic carboxylic acids is 1.